The van der Waals surface area contributed by atoms with Crippen molar-refractivity contribution in [2.75, 3.05) is 6.54 Å². The summed E-state index contributed by atoms with van der Waals surface area (Å²) in [6.45, 7) is -2.17. The molecule has 1 aromatic heterocycles. The van der Waals surface area contributed by atoms with E-state index in [-0.39, 0.29) is 17.8 Å². The molecule has 7 nitrogen and oxygen atoms in total. The minimum absolute atomic E-state index is 0.116. The number of halogens is 3. The molecule has 0 atom stereocenters. The number of alkyl halides is 3. The summed E-state index contributed by atoms with van der Waals surface area (Å²) in [5.74, 6) is 0. The number of hydrogen-bond acceptors (Lipinski definition) is 5. The maximum Gasteiger partial charge on any atom is 0.401 e. The minimum atomic E-state index is -4.55. The smallest absolute Gasteiger partial charge is 0.271 e. The molecule has 0 unspecified atom stereocenters. The zero-order valence-corrected chi connectivity index (χ0v) is 14.5. The number of nitro groups is 1. The number of fused-ring (bicyclic) bond motifs is 1. The largest absolute Gasteiger partial charge is 0.401 e. The zero-order valence-electron chi connectivity index (χ0n) is 14.5. The Morgan fingerprint density at radius 2 is 1.79 bits per heavy atom. The van der Waals surface area contributed by atoms with Gasteiger partial charge in [0, 0.05) is 23.6 Å². The van der Waals surface area contributed by atoms with E-state index >= 15 is 0 Å². The number of aromatic nitrogens is 2. The van der Waals surface area contributed by atoms with E-state index in [0.717, 1.165) is 9.58 Å². The average molecular weight is 392 g/mol. The van der Waals surface area contributed by atoms with Crippen LogP contribution in [0.15, 0.2) is 59.5 Å². The van der Waals surface area contributed by atoms with Crippen LogP contribution in [0.4, 0.5) is 18.9 Å². The molecule has 10 heteroatoms. The average Bonchev–Trinajstić information content (AvgIpc) is 2.63. The highest BCUT2D eigenvalue weighted by atomic mass is 19.4. The van der Waals surface area contributed by atoms with Gasteiger partial charge in [0.15, 0.2) is 0 Å². The van der Waals surface area contributed by atoms with Crippen LogP contribution in [-0.4, -0.2) is 32.3 Å². The first kappa shape index (κ1) is 19.5. The molecule has 0 aliphatic rings. The van der Waals surface area contributed by atoms with Gasteiger partial charge in [-0.15, -0.1) is 0 Å². The first-order valence-electron chi connectivity index (χ1n) is 8.21. The Morgan fingerprint density at radius 1 is 1.11 bits per heavy atom. The van der Waals surface area contributed by atoms with Crippen LogP contribution >= 0.6 is 0 Å². The van der Waals surface area contributed by atoms with Crippen molar-refractivity contribution in [3.63, 3.8) is 0 Å². The van der Waals surface area contributed by atoms with Gasteiger partial charge in [-0.3, -0.25) is 19.8 Å². The van der Waals surface area contributed by atoms with Gasteiger partial charge in [0.05, 0.1) is 29.7 Å². The van der Waals surface area contributed by atoms with Gasteiger partial charge in [-0.25, -0.2) is 4.68 Å². The number of rotatable bonds is 6. The van der Waals surface area contributed by atoms with Gasteiger partial charge in [-0.1, -0.05) is 36.4 Å². The molecule has 2 aromatic carbocycles. The van der Waals surface area contributed by atoms with E-state index in [1.54, 1.807) is 24.3 Å². The number of para-hydroxylation sites is 1. The molecule has 3 rings (SSSR count). The van der Waals surface area contributed by atoms with Gasteiger partial charge in [0.1, 0.15) is 0 Å². The highest BCUT2D eigenvalue weighted by Gasteiger charge is 2.32. The molecule has 1 heterocycles. The molecular formula is C18H15F3N4O3. The first-order valence-corrected chi connectivity index (χ1v) is 8.21. The van der Waals surface area contributed by atoms with E-state index in [4.69, 9.17) is 0 Å². The molecule has 0 aliphatic carbocycles. The number of hydrogen-bond donors (Lipinski definition) is 0. The second-order valence-corrected chi connectivity index (χ2v) is 6.17. The van der Waals surface area contributed by atoms with Crippen molar-refractivity contribution in [2.45, 2.75) is 19.4 Å². The van der Waals surface area contributed by atoms with Crippen molar-refractivity contribution in [3.05, 3.63) is 80.8 Å². The summed E-state index contributed by atoms with van der Waals surface area (Å²) in [5, 5.41) is 16.0. The maximum absolute atomic E-state index is 13.0. The zero-order chi connectivity index (χ0) is 20.3. The molecule has 0 spiro atoms. The fourth-order valence-electron chi connectivity index (χ4n) is 2.89. The van der Waals surface area contributed by atoms with Crippen molar-refractivity contribution < 1.29 is 18.1 Å². The molecule has 3 aromatic rings. The Bertz CT molecular complexity index is 1070. The van der Waals surface area contributed by atoms with Gasteiger partial charge >= 0.3 is 6.18 Å². The highest BCUT2D eigenvalue weighted by molar-refractivity contribution is 5.80. The fourth-order valence-corrected chi connectivity index (χ4v) is 2.89. The third kappa shape index (κ3) is 4.52. The summed E-state index contributed by atoms with van der Waals surface area (Å²) >= 11 is 0. The van der Waals surface area contributed by atoms with Crippen molar-refractivity contribution >= 4 is 16.5 Å². The lowest BCUT2D eigenvalue weighted by Gasteiger charge is -2.24. The Hall–Kier alpha value is -3.27. The van der Waals surface area contributed by atoms with Crippen molar-refractivity contribution in [2.24, 2.45) is 0 Å². The summed E-state index contributed by atoms with van der Waals surface area (Å²) in [6.07, 6.45) is -3.16. The van der Waals surface area contributed by atoms with E-state index in [1.807, 2.05) is 0 Å². The molecule has 0 amide bonds. The van der Waals surface area contributed by atoms with E-state index in [1.165, 1.54) is 30.5 Å². The topological polar surface area (TPSA) is 81.3 Å². The van der Waals surface area contributed by atoms with Crippen LogP contribution in [0, 0.1) is 10.1 Å². The molecule has 0 bridgehead atoms. The summed E-state index contributed by atoms with van der Waals surface area (Å²) in [5.41, 5.74) is -0.702. The van der Waals surface area contributed by atoms with E-state index in [0.29, 0.717) is 10.8 Å². The summed E-state index contributed by atoms with van der Waals surface area (Å²) in [4.78, 5) is 23.9. The number of nitrogens with zero attached hydrogens (tertiary/aromatic N) is 4. The fraction of sp³-hybridized carbons (Fsp3) is 0.222. The number of benzene rings is 2. The lowest BCUT2D eigenvalue weighted by Crippen LogP contribution is -2.39. The standard InChI is InChI=1S/C18H15F3N4O3/c19-18(20,21)11-23(10-14-6-2-4-8-16(14)25(27)28)12-24-17(26)15-7-3-1-5-13(15)9-22-24/h1-9H,10-12H2. The molecule has 0 fully saturated rings. The summed E-state index contributed by atoms with van der Waals surface area (Å²) < 4.78 is 40.0. The van der Waals surface area contributed by atoms with Crippen molar-refractivity contribution in [1.82, 2.24) is 14.7 Å². The monoisotopic (exact) mass is 392 g/mol. The lowest BCUT2D eigenvalue weighted by atomic mass is 10.1. The molecule has 0 saturated carbocycles. The van der Waals surface area contributed by atoms with Gasteiger partial charge < -0.3 is 0 Å². The van der Waals surface area contributed by atoms with Gasteiger partial charge in [-0.2, -0.15) is 18.3 Å². The van der Waals surface area contributed by atoms with Gasteiger partial charge in [0.25, 0.3) is 11.2 Å². The van der Waals surface area contributed by atoms with Crippen molar-refractivity contribution in [3.8, 4) is 0 Å². The quantitative estimate of drug-likeness (QED) is 0.475. The second kappa shape index (κ2) is 7.77. The highest BCUT2D eigenvalue weighted by Crippen LogP contribution is 2.23. The van der Waals surface area contributed by atoms with Crippen molar-refractivity contribution in [1.29, 1.82) is 0 Å². The van der Waals surface area contributed by atoms with Crippen LogP contribution in [0.1, 0.15) is 5.56 Å². The van der Waals surface area contributed by atoms with Crippen LogP contribution in [-0.2, 0) is 13.2 Å². The Balaban J connectivity index is 1.95. The number of nitro benzene ring substituents is 1. The molecule has 0 saturated heterocycles. The Kier molecular flexibility index (Phi) is 5.41. The molecule has 0 radical (unpaired) electrons. The van der Waals surface area contributed by atoms with Gasteiger partial charge in [0.2, 0.25) is 0 Å². The molecule has 146 valence electrons. The summed E-state index contributed by atoms with van der Waals surface area (Å²) in [6, 6.07) is 12.2. The van der Waals surface area contributed by atoms with Crippen LogP contribution in [0.2, 0.25) is 0 Å². The van der Waals surface area contributed by atoms with E-state index in [9.17, 15) is 28.1 Å². The minimum Gasteiger partial charge on any atom is -0.271 e. The predicted molar refractivity (Wildman–Crippen MR) is 95.6 cm³/mol. The molecule has 0 aliphatic heterocycles. The normalized spacial score (nSPS) is 11.9. The second-order valence-electron chi connectivity index (χ2n) is 6.17. The molecule has 0 N–H and O–H groups in total. The third-order valence-corrected chi connectivity index (χ3v) is 4.08. The first-order chi connectivity index (χ1) is 13.2. The van der Waals surface area contributed by atoms with Crippen LogP contribution < -0.4 is 5.56 Å². The van der Waals surface area contributed by atoms with Gasteiger partial charge in [-0.05, 0) is 6.07 Å². The molecular weight excluding hydrogens is 377 g/mol. The van der Waals surface area contributed by atoms with E-state index < -0.39 is 29.9 Å². The molecule has 28 heavy (non-hydrogen) atoms. The summed E-state index contributed by atoms with van der Waals surface area (Å²) in [7, 11) is 0. The SMILES string of the molecule is O=c1c2ccccc2cnn1CN(Cc1ccccc1[N+](=O)[O-])CC(F)(F)F. The van der Waals surface area contributed by atoms with Crippen LogP contribution in [0.3, 0.4) is 0 Å². The maximum atomic E-state index is 13.0. The third-order valence-electron chi connectivity index (χ3n) is 4.08. The van der Waals surface area contributed by atoms with Crippen LogP contribution in [0.25, 0.3) is 10.8 Å². The Labute approximate surface area is 156 Å². The predicted octanol–water partition coefficient (Wildman–Crippen LogP) is 3.33. The van der Waals surface area contributed by atoms with Crippen LogP contribution in [0.5, 0.6) is 0 Å². The van der Waals surface area contributed by atoms with E-state index in [2.05, 4.69) is 5.10 Å². The Morgan fingerprint density at radius 3 is 2.50 bits per heavy atom. The lowest BCUT2D eigenvalue weighted by molar-refractivity contribution is -0.385.